The Balaban J connectivity index is 2.47. The maximum absolute atomic E-state index is 11.0. The monoisotopic (exact) mass is 206 g/mol. The summed E-state index contributed by atoms with van der Waals surface area (Å²) in [7, 11) is -2.70. The van der Waals surface area contributed by atoms with E-state index in [1.165, 1.54) is 6.26 Å². The zero-order valence-electron chi connectivity index (χ0n) is 7.45. The van der Waals surface area contributed by atoms with E-state index in [9.17, 15) is 9.00 Å². The zero-order valence-corrected chi connectivity index (χ0v) is 8.26. The molecule has 3 unspecified atom stereocenters. The molecule has 3 N–H and O–H groups in total. The Labute approximate surface area is 77.6 Å². The van der Waals surface area contributed by atoms with Gasteiger partial charge in [-0.3, -0.25) is 4.79 Å². The van der Waals surface area contributed by atoms with Gasteiger partial charge in [-0.15, -0.1) is 0 Å². The molecule has 1 fully saturated rings. The van der Waals surface area contributed by atoms with Gasteiger partial charge in [-0.25, -0.2) is 13.7 Å². The van der Waals surface area contributed by atoms with Crippen molar-refractivity contribution < 1.29 is 14.1 Å². The van der Waals surface area contributed by atoms with Crippen molar-refractivity contribution in [3.8, 4) is 0 Å². The van der Waals surface area contributed by atoms with Crippen molar-refractivity contribution in [3.63, 3.8) is 0 Å². The predicted octanol–water partition coefficient (Wildman–Crippen LogP) is 0.421. The van der Waals surface area contributed by atoms with E-state index in [4.69, 9.17) is 9.89 Å². The summed E-state index contributed by atoms with van der Waals surface area (Å²) >= 11 is 0. The molecule has 0 aromatic heterocycles. The molecule has 0 heterocycles. The highest BCUT2D eigenvalue weighted by Crippen LogP contribution is 2.25. The van der Waals surface area contributed by atoms with E-state index in [0.29, 0.717) is 19.3 Å². The van der Waals surface area contributed by atoms with Crippen molar-refractivity contribution in [2.75, 3.05) is 6.26 Å². The first-order valence-corrected chi connectivity index (χ1v) is 6.09. The molecule has 0 radical (unpaired) electrons. The van der Waals surface area contributed by atoms with Gasteiger partial charge in [0.25, 0.3) is 0 Å². The molecule has 1 rings (SSSR count). The fourth-order valence-corrected chi connectivity index (χ4v) is 2.48. The Morgan fingerprint density at radius 3 is 2.62 bits per heavy atom. The van der Waals surface area contributed by atoms with Crippen LogP contribution in [0.1, 0.15) is 19.3 Å². The average Bonchev–Trinajstić information content (AvgIpc) is 2.31. The molecule has 0 spiro atoms. The molecule has 1 saturated carbocycles. The molecule has 0 aromatic carbocycles. The van der Waals surface area contributed by atoms with Crippen LogP contribution in [0.15, 0.2) is 0 Å². The number of nitrogens with one attached hydrogen (secondary N) is 2. The minimum atomic E-state index is -2.70. The highest BCUT2D eigenvalue weighted by Gasteiger charge is 2.30. The van der Waals surface area contributed by atoms with Gasteiger partial charge in [0.2, 0.25) is 0 Å². The Bertz CT molecular complexity index is 299. The molecule has 0 amide bonds. The van der Waals surface area contributed by atoms with E-state index in [1.54, 1.807) is 0 Å². The van der Waals surface area contributed by atoms with Crippen molar-refractivity contribution in [1.29, 1.82) is 4.78 Å². The Morgan fingerprint density at radius 1 is 1.62 bits per heavy atom. The second kappa shape index (κ2) is 3.63. The Hall–Kier alpha value is -0.620. The Morgan fingerprint density at radius 2 is 2.23 bits per heavy atom. The smallest absolute Gasteiger partial charge is 0.306 e. The van der Waals surface area contributed by atoms with Gasteiger partial charge in [0.15, 0.2) is 0 Å². The molecule has 13 heavy (non-hydrogen) atoms. The lowest BCUT2D eigenvalue weighted by atomic mass is 10.1. The fourth-order valence-electron chi connectivity index (χ4n) is 1.63. The third-order valence-corrected chi connectivity index (χ3v) is 2.96. The van der Waals surface area contributed by atoms with Gasteiger partial charge in [-0.05, 0) is 19.3 Å². The molecule has 0 saturated heterocycles. The van der Waals surface area contributed by atoms with Crippen LogP contribution < -0.4 is 4.72 Å². The summed E-state index contributed by atoms with van der Waals surface area (Å²) in [6.07, 6.45) is 3.10. The van der Waals surface area contributed by atoms with Crippen molar-refractivity contribution in [2.45, 2.75) is 25.3 Å². The molecule has 0 bridgehead atoms. The zero-order chi connectivity index (χ0) is 10.1. The molecule has 0 aromatic rings. The Kier molecular flexibility index (Phi) is 2.92. The highest BCUT2D eigenvalue weighted by atomic mass is 32.2. The standard InChI is InChI=1S/C7H14N2O3S/c1-13(8,12)9-6-3-2-5(4-6)7(10)11/h5-6H,2-4H2,1H3,(H,10,11)(H2,8,9,12). The maximum atomic E-state index is 11.0. The first-order valence-electron chi connectivity index (χ1n) is 4.12. The lowest BCUT2D eigenvalue weighted by Gasteiger charge is -2.11. The van der Waals surface area contributed by atoms with Crippen molar-refractivity contribution in [2.24, 2.45) is 5.92 Å². The minimum absolute atomic E-state index is 0.0731. The van der Waals surface area contributed by atoms with Crippen LogP contribution in [-0.2, 0) is 14.7 Å². The largest absolute Gasteiger partial charge is 0.481 e. The normalized spacial score (nSPS) is 32.7. The summed E-state index contributed by atoms with van der Waals surface area (Å²) in [5, 5.41) is 8.68. The minimum Gasteiger partial charge on any atom is -0.481 e. The van der Waals surface area contributed by atoms with Crippen LogP contribution in [0.2, 0.25) is 0 Å². The number of carboxylic acid groups (broad SMARTS) is 1. The van der Waals surface area contributed by atoms with Crippen LogP contribution in [0, 0.1) is 10.7 Å². The van der Waals surface area contributed by atoms with Crippen molar-refractivity contribution >= 4 is 15.9 Å². The van der Waals surface area contributed by atoms with E-state index >= 15 is 0 Å². The van der Waals surface area contributed by atoms with Gasteiger partial charge < -0.3 is 5.11 Å². The fraction of sp³-hybridized carbons (Fsp3) is 0.857. The summed E-state index contributed by atoms with van der Waals surface area (Å²) in [5.74, 6) is -1.13. The molecular formula is C7H14N2O3S. The third kappa shape index (κ3) is 3.31. The van der Waals surface area contributed by atoms with Crippen LogP contribution in [0.4, 0.5) is 0 Å². The molecular weight excluding hydrogens is 192 g/mol. The lowest BCUT2D eigenvalue weighted by Crippen LogP contribution is -2.31. The number of rotatable bonds is 3. The molecule has 1 aliphatic carbocycles. The second-order valence-corrected chi connectivity index (χ2v) is 5.43. The van der Waals surface area contributed by atoms with E-state index in [-0.39, 0.29) is 12.0 Å². The van der Waals surface area contributed by atoms with Crippen LogP contribution >= 0.6 is 0 Å². The second-order valence-electron chi connectivity index (χ2n) is 3.51. The van der Waals surface area contributed by atoms with Gasteiger partial charge in [0.05, 0.1) is 5.92 Å². The first-order chi connectivity index (χ1) is 5.88. The van der Waals surface area contributed by atoms with E-state index in [2.05, 4.69) is 4.72 Å². The van der Waals surface area contributed by atoms with Gasteiger partial charge in [0.1, 0.15) is 9.92 Å². The average molecular weight is 206 g/mol. The number of aliphatic carboxylic acids is 1. The number of hydrogen-bond acceptors (Lipinski definition) is 3. The van der Waals surface area contributed by atoms with E-state index < -0.39 is 15.9 Å². The van der Waals surface area contributed by atoms with Gasteiger partial charge >= 0.3 is 5.97 Å². The molecule has 3 atom stereocenters. The van der Waals surface area contributed by atoms with Gasteiger partial charge in [-0.2, -0.15) is 0 Å². The van der Waals surface area contributed by atoms with Gasteiger partial charge in [0, 0.05) is 12.3 Å². The summed E-state index contributed by atoms with van der Waals surface area (Å²) in [5.41, 5.74) is 0. The number of carboxylic acids is 1. The summed E-state index contributed by atoms with van der Waals surface area (Å²) < 4.78 is 20.8. The SMILES string of the molecule is CS(=N)(=O)NC1CCC(C(=O)O)C1. The molecule has 5 nitrogen and oxygen atoms in total. The third-order valence-electron chi connectivity index (χ3n) is 2.17. The van der Waals surface area contributed by atoms with Crippen LogP contribution in [0.5, 0.6) is 0 Å². The molecule has 76 valence electrons. The number of carbonyl (C=O) groups is 1. The molecule has 1 aliphatic rings. The molecule has 0 aliphatic heterocycles. The molecule has 6 heteroatoms. The predicted molar refractivity (Wildman–Crippen MR) is 48.7 cm³/mol. The summed E-state index contributed by atoms with van der Waals surface area (Å²) in [6, 6.07) is -0.0731. The van der Waals surface area contributed by atoms with E-state index in [0.717, 1.165) is 0 Å². The van der Waals surface area contributed by atoms with Crippen LogP contribution in [0.3, 0.4) is 0 Å². The quantitative estimate of drug-likeness (QED) is 0.625. The van der Waals surface area contributed by atoms with E-state index in [1.807, 2.05) is 0 Å². The van der Waals surface area contributed by atoms with Gasteiger partial charge in [-0.1, -0.05) is 0 Å². The van der Waals surface area contributed by atoms with Crippen molar-refractivity contribution in [3.05, 3.63) is 0 Å². The summed E-state index contributed by atoms with van der Waals surface area (Å²) in [6.45, 7) is 0. The lowest BCUT2D eigenvalue weighted by molar-refractivity contribution is -0.141. The number of hydrogen-bond donors (Lipinski definition) is 3. The van der Waals surface area contributed by atoms with Crippen LogP contribution in [0.25, 0.3) is 0 Å². The summed E-state index contributed by atoms with van der Waals surface area (Å²) in [4.78, 5) is 10.6. The first kappa shape index (κ1) is 10.5. The maximum Gasteiger partial charge on any atom is 0.306 e. The van der Waals surface area contributed by atoms with Crippen molar-refractivity contribution in [1.82, 2.24) is 4.72 Å². The topological polar surface area (TPSA) is 90.3 Å². The van der Waals surface area contributed by atoms with Crippen LogP contribution in [-0.4, -0.2) is 27.6 Å². The highest BCUT2D eigenvalue weighted by molar-refractivity contribution is 7.89.